The highest BCUT2D eigenvalue weighted by Gasteiger charge is 2.05. The lowest BCUT2D eigenvalue weighted by Gasteiger charge is -1.94. The van der Waals surface area contributed by atoms with Gasteiger partial charge in [0.2, 0.25) is 0 Å². The van der Waals surface area contributed by atoms with Crippen molar-refractivity contribution in [3.05, 3.63) is 60.2 Å². The molecule has 1 aliphatic heterocycles. The van der Waals surface area contributed by atoms with Crippen molar-refractivity contribution in [1.29, 1.82) is 0 Å². The summed E-state index contributed by atoms with van der Waals surface area (Å²) in [6.07, 6.45) is 1.19. The Morgan fingerprint density at radius 1 is 0.882 bits per heavy atom. The Hall–Kier alpha value is -2.00. The second kappa shape index (κ2) is 6.55. The number of para-hydroxylation sites is 2. The van der Waals surface area contributed by atoms with Crippen molar-refractivity contribution in [3.63, 3.8) is 0 Å². The third-order valence-corrected chi connectivity index (χ3v) is 2.53. The normalized spacial score (nSPS) is 11.3. The van der Waals surface area contributed by atoms with Crippen LogP contribution in [0.4, 0.5) is 11.4 Å². The second-order valence-corrected chi connectivity index (χ2v) is 3.74. The maximum absolute atomic E-state index is 5.36. The Labute approximate surface area is 102 Å². The quantitative estimate of drug-likeness (QED) is 0.608. The van der Waals surface area contributed by atoms with Crippen LogP contribution in [0, 0.1) is 0 Å². The van der Waals surface area contributed by atoms with Gasteiger partial charge in [-0.05, 0) is 30.2 Å². The van der Waals surface area contributed by atoms with Crippen LogP contribution >= 0.6 is 0 Å². The zero-order chi connectivity index (χ0) is 11.2. The van der Waals surface area contributed by atoms with Crippen molar-refractivity contribution in [2.75, 3.05) is 17.6 Å². The average molecular weight is 229 g/mol. The molecule has 0 radical (unpaired) electrons. The zero-order valence-electron chi connectivity index (χ0n) is 9.89. The molecule has 0 spiro atoms. The van der Waals surface area contributed by atoms with Crippen molar-refractivity contribution >= 4 is 11.4 Å². The van der Waals surface area contributed by atoms with E-state index in [0.29, 0.717) is 0 Å². The molecule has 3 rings (SSSR count). The Balaban J connectivity index is 0.000000166. The van der Waals surface area contributed by atoms with Gasteiger partial charge in [0.15, 0.2) is 0 Å². The lowest BCUT2D eigenvalue weighted by molar-refractivity contribution is 1.11. The number of nitrogens with two attached hydrogens (primary N) is 1. The molecule has 1 heterocycles. The van der Waals surface area contributed by atoms with E-state index in [-0.39, 0.29) is 6.15 Å². The SMILES string of the molecule is N.Nc1ccccc1.c1ccc2c(c1)CCN2. The molecule has 0 saturated carbocycles. The van der Waals surface area contributed by atoms with Gasteiger partial charge in [-0.3, -0.25) is 0 Å². The molecule has 2 aromatic rings. The van der Waals surface area contributed by atoms with Crippen LogP contribution in [0.5, 0.6) is 0 Å². The maximum Gasteiger partial charge on any atom is 0.0373 e. The van der Waals surface area contributed by atoms with Gasteiger partial charge in [-0.2, -0.15) is 0 Å². The predicted octanol–water partition coefficient (Wildman–Crippen LogP) is 3.09. The number of benzene rings is 2. The molecule has 0 aromatic heterocycles. The molecule has 0 atom stereocenters. The summed E-state index contributed by atoms with van der Waals surface area (Å²) >= 11 is 0. The van der Waals surface area contributed by atoms with Gasteiger partial charge in [-0.1, -0.05) is 36.4 Å². The molecule has 0 amide bonds. The van der Waals surface area contributed by atoms with Crippen molar-refractivity contribution in [2.24, 2.45) is 0 Å². The number of rotatable bonds is 0. The van der Waals surface area contributed by atoms with Crippen LogP contribution in [0.15, 0.2) is 54.6 Å². The number of anilines is 2. The van der Waals surface area contributed by atoms with Crippen LogP contribution in [0.3, 0.4) is 0 Å². The lowest BCUT2D eigenvalue weighted by Crippen LogP contribution is -1.90. The molecule has 0 bridgehead atoms. The second-order valence-electron chi connectivity index (χ2n) is 3.74. The fourth-order valence-corrected chi connectivity index (χ4v) is 1.70. The van der Waals surface area contributed by atoms with Crippen molar-refractivity contribution in [3.8, 4) is 0 Å². The van der Waals surface area contributed by atoms with Gasteiger partial charge in [-0.15, -0.1) is 0 Å². The van der Waals surface area contributed by atoms with E-state index in [0.717, 1.165) is 12.2 Å². The third kappa shape index (κ3) is 3.81. The molecule has 3 nitrogen and oxygen atoms in total. The first kappa shape index (κ1) is 13.1. The molecule has 90 valence electrons. The van der Waals surface area contributed by atoms with E-state index in [1.54, 1.807) is 0 Å². The van der Waals surface area contributed by atoms with Crippen LogP contribution < -0.4 is 17.2 Å². The Bertz CT molecular complexity index is 417. The molecule has 17 heavy (non-hydrogen) atoms. The molecule has 3 heteroatoms. The Kier molecular flexibility index (Phi) is 5.04. The van der Waals surface area contributed by atoms with E-state index in [1.807, 2.05) is 30.3 Å². The van der Waals surface area contributed by atoms with E-state index in [1.165, 1.54) is 17.7 Å². The minimum absolute atomic E-state index is 0. The number of nitrogens with one attached hydrogen (secondary N) is 1. The standard InChI is InChI=1S/C8H9N.C6H7N.H3N/c1-2-4-8-7(3-1)5-6-9-8;7-6-4-2-1-3-5-6;/h1-4,9H,5-6H2;1-5H,7H2;1H3. The van der Waals surface area contributed by atoms with E-state index in [2.05, 4.69) is 29.6 Å². The van der Waals surface area contributed by atoms with Crippen molar-refractivity contribution in [2.45, 2.75) is 6.42 Å². The zero-order valence-corrected chi connectivity index (χ0v) is 9.89. The molecule has 0 aliphatic carbocycles. The molecular formula is C14H19N3. The summed E-state index contributed by atoms with van der Waals surface area (Å²) in [5.41, 5.74) is 8.95. The van der Waals surface area contributed by atoms with E-state index in [4.69, 9.17) is 5.73 Å². The fourth-order valence-electron chi connectivity index (χ4n) is 1.70. The molecule has 0 unspecified atom stereocenters. The highest BCUT2D eigenvalue weighted by Crippen LogP contribution is 2.19. The first-order chi connectivity index (χ1) is 7.86. The van der Waals surface area contributed by atoms with Gasteiger partial charge in [0.05, 0.1) is 0 Å². The summed E-state index contributed by atoms with van der Waals surface area (Å²) in [5, 5.41) is 3.30. The van der Waals surface area contributed by atoms with Gasteiger partial charge >= 0.3 is 0 Å². The monoisotopic (exact) mass is 229 g/mol. The summed E-state index contributed by atoms with van der Waals surface area (Å²) in [6.45, 7) is 1.11. The third-order valence-electron chi connectivity index (χ3n) is 2.53. The first-order valence-electron chi connectivity index (χ1n) is 5.48. The van der Waals surface area contributed by atoms with Crippen LogP contribution in [-0.4, -0.2) is 6.54 Å². The fraction of sp³-hybridized carbons (Fsp3) is 0.143. The van der Waals surface area contributed by atoms with Gasteiger partial charge in [0.25, 0.3) is 0 Å². The number of nitrogen functional groups attached to an aromatic ring is 1. The molecule has 0 fully saturated rings. The van der Waals surface area contributed by atoms with Crippen LogP contribution in [-0.2, 0) is 6.42 Å². The minimum Gasteiger partial charge on any atom is -0.399 e. The smallest absolute Gasteiger partial charge is 0.0373 e. The van der Waals surface area contributed by atoms with E-state index < -0.39 is 0 Å². The summed E-state index contributed by atoms with van der Waals surface area (Å²) in [5.74, 6) is 0. The maximum atomic E-state index is 5.36. The minimum atomic E-state index is 0. The Morgan fingerprint density at radius 2 is 1.53 bits per heavy atom. The summed E-state index contributed by atoms with van der Waals surface area (Å²) < 4.78 is 0. The number of hydrogen-bond acceptors (Lipinski definition) is 3. The number of fused-ring (bicyclic) bond motifs is 1. The highest BCUT2D eigenvalue weighted by atomic mass is 14.9. The first-order valence-corrected chi connectivity index (χ1v) is 5.48. The van der Waals surface area contributed by atoms with Crippen molar-refractivity contribution < 1.29 is 0 Å². The molecule has 1 aliphatic rings. The lowest BCUT2D eigenvalue weighted by atomic mass is 10.2. The van der Waals surface area contributed by atoms with Gasteiger partial charge < -0.3 is 17.2 Å². The Morgan fingerprint density at radius 3 is 2.12 bits per heavy atom. The van der Waals surface area contributed by atoms with Crippen molar-refractivity contribution in [1.82, 2.24) is 6.15 Å². The summed E-state index contributed by atoms with van der Waals surface area (Å²) in [7, 11) is 0. The van der Waals surface area contributed by atoms with Gasteiger partial charge in [-0.25, -0.2) is 0 Å². The van der Waals surface area contributed by atoms with E-state index >= 15 is 0 Å². The largest absolute Gasteiger partial charge is 0.399 e. The molecular weight excluding hydrogens is 210 g/mol. The predicted molar refractivity (Wildman–Crippen MR) is 74.5 cm³/mol. The topological polar surface area (TPSA) is 73.0 Å². The average Bonchev–Trinajstić information content (AvgIpc) is 2.79. The summed E-state index contributed by atoms with van der Waals surface area (Å²) in [4.78, 5) is 0. The van der Waals surface area contributed by atoms with Gasteiger partial charge in [0.1, 0.15) is 0 Å². The van der Waals surface area contributed by atoms with E-state index in [9.17, 15) is 0 Å². The molecule has 2 aromatic carbocycles. The number of hydrogen-bond donors (Lipinski definition) is 3. The van der Waals surface area contributed by atoms with Crippen LogP contribution in [0.1, 0.15) is 5.56 Å². The van der Waals surface area contributed by atoms with Crippen LogP contribution in [0.25, 0.3) is 0 Å². The van der Waals surface area contributed by atoms with Crippen LogP contribution in [0.2, 0.25) is 0 Å². The molecule has 0 saturated heterocycles. The highest BCUT2D eigenvalue weighted by molar-refractivity contribution is 5.54. The molecule has 6 N–H and O–H groups in total. The summed E-state index contributed by atoms with van der Waals surface area (Å²) in [6, 6.07) is 17.9. The van der Waals surface area contributed by atoms with Gasteiger partial charge in [0, 0.05) is 17.9 Å².